The van der Waals surface area contributed by atoms with Gasteiger partial charge in [-0.2, -0.15) is 0 Å². The van der Waals surface area contributed by atoms with E-state index in [9.17, 15) is 0 Å². The molecule has 4 heteroatoms. The summed E-state index contributed by atoms with van der Waals surface area (Å²) in [5, 5.41) is 0. The minimum Gasteiger partial charge on any atom is -0.354 e. The third kappa shape index (κ3) is 3.19. The van der Waals surface area contributed by atoms with E-state index in [0.29, 0.717) is 0 Å². The van der Waals surface area contributed by atoms with Crippen molar-refractivity contribution in [1.82, 2.24) is 0 Å². The third-order valence-electron chi connectivity index (χ3n) is 3.86. The lowest BCUT2D eigenvalue weighted by molar-refractivity contribution is -0.267. The van der Waals surface area contributed by atoms with E-state index in [4.69, 9.17) is 18.9 Å². The number of ether oxygens (including phenoxy) is 4. The van der Waals surface area contributed by atoms with E-state index >= 15 is 0 Å². The fourth-order valence-electron chi connectivity index (χ4n) is 2.33. The summed E-state index contributed by atoms with van der Waals surface area (Å²) in [6, 6.07) is 0. The van der Waals surface area contributed by atoms with Crippen molar-refractivity contribution in [2.45, 2.75) is 51.8 Å². The first-order valence-electron chi connectivity index (χ1n) is 6.87. The van der Waals surface area contributed by atoms with Crippen molar-refractivity contribution in [2.75, 3.05) is 20.3 Å². The third-order valence-corrected chi connectivity index (χ3v) is 3.86. The van der Waals surface area contributed by atoms with Crippen molar-refractivity contribution in [3.8, 4) is 0 Å². The molecule has 0 unspecified atom stereocenters. The fraction of sp³-hybridized carbons (Fsp3) is 0.867. The summed E-state index contributed by atoms with van der Waals surface area (Å²) in [7, 11) is 1.64. The zero-order chi connectivity index (χ0) is 14.3. The van der Waals surface area contributed by atoms with E-state index in [1.807, 2.05) is 19.9 Å². The van der Waals surface area contributed by atoms with Crippen LogP contribution in [0.3, 0.4) is 0 Å². The molecule has 1 heterocycles. The van der Waals surface area contributed by atoms with Gasteiger partial charge in [0.05, 0.1) is 19.3 Å². The van der Waals surface area contributed by atoms with Crippen molar-refractivity contribution in [2.24, 2.45) is 11.3 Å². The summed E-state index contributed by atoms with van der Waals surface area (Å²) >= 11 is 0. The molecule has 2 rings (SSSR count). The predicted octanol–water partition coefficient (Wildman–Crippen LogP) is 2.73. The normalized spacial score (nSPS) is 30.1. The molecule has 1 aliphatic carbocycles. The standard InChI is InChI=1S/C15H26O4/c1-7-12(19-14(4,5)16-6)11-8-15(11)17-9-13(2,3)10-18-15/h7,11-12H,1,8-10H2,2-6H3/t11-,12-/m0/s1. The Balaban J connectivity index is 1.95. The summed E-state index contributed by atoms with van der Waals surface area (Å²) < 4.78 is 23.1. The van der Waals surface area contributed by atoms with E-state index in [1.165, 1.54) is 0 Å². The number of rotatable bonds is 5. The molecule has 1 spiro atoms. The van der Waals surface area contributed by atoms with Gasteiger partial charge >= 0.3 is 0 Å². The van der Waals surface area contributed by atoms with Crippen molar-refractivity contribution in [3.63, 3.8) is 0 Å². The van der Waals surface area contributed by atoms with Gasteiger partial charge in [0.1, 0.15) is 0 Å². The van der Waals surface area contributed by atoms with Gasteiger partial charge in [0.15, 0.2) is 11.6 Å². The molecule has 0 bridgehead atoms. The number of methoxy groups -OCH3 is 1. The Morgan fingerprint density at radius 1 is 1.32 bits per heavy atom. The zero-order valence-electron chi connectivity index (χ0n) is 12.7. The minimum absolute atomic E-state index is 0.0920. The average molecular weight is 270 g/mol. The molecule has 0 amide bonds. The van der Waals surface area contributed by atoms with Gasteiger partial charge in [0.25, 0.3) is 0 Å². The van der Waals surface area contributed by atoms with Crippen LogP contribution in [-0.2, 0) is 18.9 Å². The predicted molar refractivity (Wildman–Crippen MR) is 72.7 cm³/mol. The maximum absolute atomic E-state index is 5.94. The first kappa shape index (κ1) is 15.0. The van der Waals surface area contributed by atoms with E-state index in [-0.39, 0.29) is 17.4 Å². The Morgan fingerprint density at radius 2 is 1.89 bits per heavy atom. The number of hydrogen-bond acceptors (Lipinski definition) is 4. The van der Waals surface area contributed by atoms with Crippen LogP contribution in [0.1, 0.15) is 34.1 Å². The van der Waals surface area contributed by atoms with Crippen LogP contribution in [0, 0.1) is 11.3 Å². The molecule has 110 valence electrons. The Morgan fingerprint density at radius 3 is 2.37 bits per heavy atom. The first-order valence-corrected chi connectivity index (χ1v) is 6.87. The first-order chi connectivity index (χ1) is 8.74. The molecule has 2 fully saturated rings. The highest BCUT2D eigenvalue weighted by atomic mass is 16.7. The second-order valence-corrected chi connectivity index (χ2v) is 6.79. The quantitative estimate of drug-likeness (QED) is 0.568. The van der Waals surface area contributed by atoms with Gasteiger partial charge in [-0.1, -0.05) is 19.9 Å². The molecule has 19 heavy (non-hydrogen) atoms. The Hall–Kier alpha value is -0.420. The zero-order valence-corrected chi connectivity index (χ0v) is 12.7. The second kappa shape index (κ2) is 4.85. The maximum Gasteiger partial charge on any atom is 0.174 e. The van der Waals surface area contributed by atoms with Crippen molar-refractivity contribution in [3.05, 3.63) is 12.7 Å². The highest BCUT2D eigenvalue weighted by Crippen LogP contribution is 2.54. The van der Waals surface area contributed by atoms with Crippen LogP contribution in [0.15, 0.2) is 12.7 Å². The summed E-state index contributed by atoms with van der Waals surface area (Å²) in [5.74, 6) is -0.884. The minimum atomic E-state index is -0.628. The Bertz CT molecular complexity index is 338. The molecule has 0 aromatic heterocycles. The molecule has 4 nitrogen and oxygen atoms in total. The largest absolute Gasteiger partial charge is 0.354 e. The van der Waals surface area contributed by atoms with Gasteiger partial charge in [0, 0.05) is 24.9 Å². The van der Waals surface area contributed by atoms with Crippen LogP contribution in [0.5, 0.6) is 0 Å². The van der Waals surface area contributed by atoms with E-state index in [1.54, 1.807) is 7.11 Å². The summed E-state index contributed by atoms with van der Waals surface area (Å²) in [5.41, 5.74) is 0.0920. The van der Waals surface area contributed by atoms with Gasteiger partial charge in [-0.15, -0.1) is 6.58 Å². The van der Waals surface area contributed by atoms with E-state index < -0.39 is 11.6 Å². The lowest BCUT2D eigenvalue weighted by Crippen LogP contribution is -2.42. The number of hydrogen-bond donors (Lipinski definition) is 0. The van der Waals surface area contributed by atoms with Crippen LogP contribution in [-0.4, -0.2) is 38.0 Å². The van der Waals surface area contributed by atoms with Gasteiger partial charge in [-0.3, -0.25) is 0 Å². The smallest absolute Gasteiger partial charge is 0.174 e. The summed E-state index contributed by atoms with van der Waals surface area (Å²) in [4.78, 5) is 0. The van der Waals surface area contributed by atoms with Crippen molar-refractivity contribution < 1.29 is 18.9 Å². The molecular weight excluding hydrogens is 244 g/mol. The highest BCUT2D eigenvalue weighted by molar-refractivity contribution is 5.09. The van der Waals surface area contributed by atoms with Crippen LogP contribution in [0.25, 0.3) is 0 Å². The van der Waals surface area contributed by atoms with Gasteiger partial charge in [0.2, 0.25) is 0 Å². The molecule has 0 N–H and O–H groups in total. The van der Waals surface area contributed by atoms with Gasteiger partial charge in [-0.05, 0) is 13.8 Å². The van der Waals surface area contributed by atoms with Crippen LogP contribution >= 0.6 is 0 Å². The monoisotopic (exact) mass is 270 g/mol. The SMILES string of the molecule is C=C[C@H](OC(C)(C)OC)[C@@H]1CC12OCC(C)(C)CO2. The van der Waals surface area contributed by atoms with Crippen LogP contribution in [0.2, 0.25) is 0 Å². The summed E-state index contributed by atoms with van der Waals surface area (Å²) in [6.45, 7) is 13.4. The molecule has 0 aromatic carbocycles. The van der Waals surface area contributed by atoms with Crippen LogP contribution < -0.4 is 0 Å². The van der Waals surface area contributed by atoms with E-state index in [2.05, 4.69) is 20.4 Å². The average Bonchev–Trinajstić information content (AvgIpc) is 3.05. The molecule has 1 saturated carbocycles. The Kier molecular flexibility index (Phi) is 3.82. The van der Waals surface area contributed by atoms with Crippen molar-refractivity contribution in [1.29, 1.82) is 0 Å². The summed E-state index contributed by atoms with van der Waals surface area (Å²) in [6.07, 6.45) is 2.56. The maximum atomic E-state index is 5.94. The second-order valence-electron chi connectivity index (χ2n) is 6.79. The molecule has 2 atom stereocenters. The molecule has 1 saturated heterocycles. The highest BCUT2D eigenvalue weighted by Gasteiger charge is 2.63. The van der Waals surface area contributed by atoms with E-state index in [0.717, 1.165) is 19.6 Å². The molecule has 2 aliphatic rings. The molecular formula is C15H26O4. The van der Waals surface area contributed by atoms with Gasteiger partial charge < -0.3 is 18.9 Å². The topological polar surface area (TPSA) is 36.9 Å². The lowest BCUT2D eigenvalue weighted by Gasteiger charge is -2.37. The van der Waals surface area contributed by atoms with Crippen molar-refractivity contribution >= 4 is 0 Å². The molecule has 0 aromatic rings. The molecule has 1 aliphatic heterocycles. The van der Waals surface area contributed by atoms with Crippen LogP contribution in [0.4, 0.5) is 0 Å². The fourth-order valence-corrected chi connectivity index (χ4v) is 2.33. The Labute approximate surface area is 116 Å². The molecule has 0 radical (unpaired) electrons. The van der Waals surface area contributed by atoms with Gasteiger partial charge in [-0.25, -0.2) is 0 Å². The lowest BCUT2D eigenvalue weighted by atomic mass is 9.95.